The van der Waals surface area contributed by atoms with Crippen molar-refractivity contribution in [1.29, 1.82) is 0 Å². The van der Waals surface area contributed by atoms with E-state index in [0.29, 0.717) is 18.9 Å². The molecule has 0 fully saturated rings. The highest BCUT2D eigenvalue weighted by atomic mass is 16.1. The molecule has 1 rings (SSSR count). The van der Waals surface area contributed by atoms with E-state index in [1.807, 2.05) is 24.3 Å². The molecule has 1 amide bonds. The molecule has 88 valence electrons. The van der Waals surface area contributed by atoms with Crippen LogP contribution in [0, 0.1) is 5.92 Å². The summed E-state index contributed by atoms with van der Waals surface area (Å²) in [5.41, 5.74) is 7.62. The number of hydrogen-bond donors (Lipinski definition) is 2. The minimum absolute atomic E-state index is 0.0780. The number of rotatable bonds is 5. The molecule has 0 aliphatic heterocycles. The van der Waals surface area contributed by atoms with Crippen LogP contribution < -0.4 is 11.1 Å². The number of carbonyl (C=O) groups excluding carboxylic acids is 1. The smallest absolute Gasteiger partial charge is 0.224 e. The third kappa shape index (κ3) is 4.45. The molecule has 3 nitrogen and oxygen atoms in total. The van der Waals surface area contributed by atoms with Crippen molar-refractivity contribution in [2.75, 3.05) is 6.54 Å². The summed E-state index contributed by atoms with van der Waals surface area (Å²) in [5, 5.41) is 2.90. The van der Waals surface area contributed by atoms with Crippen molar-refractivity contribution in [3.63, 3.8) is 0 Å². The first-order valence-electron chi connectivity index (χ1n) is 5.66. The van der Waals surface area contributed by atoms with Crippen molar-refractivity contribution in [3.05, 3.63) is 35.4 Å². The SMILES string of the molecule is CC(C)CNC(=O)Cc1ccc(CN)cc1. The Kier molecular flexibility index (Phi) is 4.99. The van der Waals surface area contributed by atoms with Gasteiger partial charge in [-0.15, -0.1) is 0 Å². The summed E-state index contributed by atoms with van der Waals surface area (Å²) in [6, 6.07) is 7.84. The summed E-state index contributed by atoms with van der Waals surface area (Å²) >= 11 is 0. The second-order valence-electron chi connectivity index (χ2n) is 4.40. The normalized spacial score (nSPS) is 10.5. The Labute approximate surface area is 97.0 Å². The number of carbonyl (C=O) groups is 1. The fourth-order valence-electron chi connectivity index (χ4n) is 1.36. The number of amides is 1. The Morgan fingerprint density at radius 1 is 1.25 bits per heavy atom. The van der Waals surface area contributed by atoms with Gasteiger partial charge < -0.3 is 11.1 Å². The molecule has 1 aromatic carbocycles. The summed E-state index contributed by atoms with van der Waals surface area (Å²) in [6.07, 6.45) is 0.442. The molecule has 16 heavy (non-hydrogen) atoms. The van der Waals surface area contributed by atoms with Crippen molar-refractivity contribution in [3.8, 4) is 0 Å². The van der Waals surface area contributed by atoms with Gasteiger partial charge in [-0.2, -0.15) is 0 Å². The summed E-state index contributed by atoms with van der Waals surface area (Å²) in [7, 11) is 0. The molecule has 3 N–H and O–H groups in total. The highest BCUT2D eigenvalue weighted by Crippen LogP contribution is 2.04. The van der Waals surface area contributed by atoms with E-state index >= 15 is 0 Å². The van der Waals surface area contributed by atoms with Gasteiger partial charge >= 0.3 is 0 Å². The fraction of sp³-hybridized carbons (Fsp3) is 0.462. The first-order chi connectivity index (χ1) is 7.61. The first-order valence-corrected chi connectivity index (χ1v) is 5.66. The zero-order chi connectivity index (χ0) is 12.0. The molecule has 0 atom stereocenters. The Bertz CT molecular complexity index is 330. The molecule has 0 radical (unpaired) electrons. The lowest BCUT2D eigenvalue weighted by Crippen LogP contribution is -2.28. The molecule has 0 heterocycles. The molecule has 0 aromatic heterocycles. The minimum Gasteiger partial charge on any atom is -0.356 e. The lowest BCUT2D eigenvalue weighted by molar-refractivity contribution is -0.120. The lowest BCUT2D eigenvalue weighted by atomic mass is 10.1. The van der Waals surface area contributed by atoms with Crippen LogP contribution in [0.3, 0.4) is 0 Å². The van der Waals surface area contributed by atoms with Crippen LogP contribution in [-0.2, 0) is 17.8 Å². The van der Waals surface area contributed by atoms with Gasteiger partial charge in [0.05, 0.1) is 6.42 Å². The summed E-state index contributed by atoms with van der Waals surface area (Å²) in [5.74, 6) is 0.567. The Hall–Kier alpha value is -1.35. The monoisotopic (exact) mass is 220 g/mol. The van der Waals surface area contributed by atoms with E-state index in [2.05, 4.69) is 19.2 Å². The van der Waals surface area contributed by atoms with Crippen molar-refractivity contribution >= 4 is 5.91 Å². The molecule has 0 saturated carbocycles. The summed E-state index contributed by atoms with van der Waals surface area (Å²) in [4.78, 5) is 11.5. The van der Waals surface area contributed by atoms with Crippen LogP contribution >= 0.6 is 0 Å². The van der Waals surface area contributed by atoms with Crippen molar-refractivity contribution < 1.29 is 4.79 Å². The van der Waals surface area contributed by atoms with Gasteiger partial charge in [0, 0.05) is 13.1 Å². The van der Waals surface area contributed by atoms with E-state index in [9.17, 15) is 4.79 Å². The topological polar surface area (TPSA) is 55.1 Å². The van der Waals surface area contributed by atoms with E-state index in [4.69, 9.17) is 5.73 Å². The van der Waals surface area contributed by atoms with E-state index in [1.54, 1.807) is 0 Å². The fourth-order valence-corrected chi connectivity index (χ4v) is 1.36. The zero-order valence-electron chi connectivity index (χ0n) is 9.99. The van der Waals surface area contributed by atoms with Gasteiger partial charge in [-0.25, -0.2) is 0 Å². The highest BCUT2D eigenvalue weighted by molar-refractivity contribution is 5.78. The van der Waals surface area contributed by atoms with Gasteiger partial charge in [0.15, 0.2) is 0 Å². The average molecular weight is 220 g/mol. The van der Waals surface area contributed by atoms with E-state index in [1.165, 1.54) is 0 Å². The largest absolute Gasteiger partial charge is 0.356 e. The predicted octanol–water partition coefficient (Wildman–Crippen LogP) is 1.46. The maximum atomic E-state index is 11.5. The Morgan fingerprint density at radius 3 is 2.31 bits per heavy atom. The van der Waals surface area contributed by atoms with Crippen LogP contribution in [-0.4, -0.2) is 12.5 Å². The minimum atomic E-state index is 0.0780. The van der Waals surface area contributed by atoms with Crippen LogP contribution in [0.15, 0.2) is 24.3 Å². The third-order valence-corrected chi connectivity index (χ3v) is 2.33. The number of nitrogens with one attached hydrogen (secondary N) is 1. The number of benzene rings is 1. The Morgan fingerprint density at radius 2 is 1.81 bits per heavy atom. The second kappa shape index (κ2) is 6.28. The molecule has 0 spiro atoms. The van der Waals surface area contributed by atoms with Crippen LogP contribution in [0.2, 0.25) is 0 Å². The summed E-state index contributed by atoms with van der Waals surface area (Å²) < 4.78 is 0. The van der Waals surface area contributed by atoms with Crippen molar-refractivity contribution in [1.82, 2.24) is 5.32 Å². The van der Waals surface area contributed by atoms with Crippen LogP contribution in [0.1, 0.15) is 25.0 Å². The summed E-state index contributed by atoms with van der Waals surface area (Å²) in [6.45, 7) is 5.44. The van der Waals surface area contributed by atoms with Crippen LogP contribution in [0.25, 0.3) is 0 Å². The van der Waals surface area contributed by atoms with Crippen LogP contribution in [0.4, 0.5) is 0 Å². The van der Waals surface area contributed by atoms with Crippen molar-refractivity contribution in [2.24, 2.45) is 11.7 Å². The predicted molar refractivity (Wildman–Crippen MR) is 65.9 cm³/mol. The van der Waals surface area contributed by atoms with E-state index in [-0.39, 0.29) is 5.91 Å². The maximum Gasteiger partial charge on any atom is 0.224 e. The van der Waals surface area contributed by atoms with Gasteiger partial charge in [-0.05, 0) is 17.0 Å². The van der Waals surface area contributed by atoms with E-state index in [0.717, 1.165) is 17.7 Å². The maximum absolute atomic E-state index is 11.5. The van der Waals surface area contributed by atoms with Crippen LogP contribution in [0.5, 0.6) is 0 Å². The van der Waals surface area contributed by atoms with Gasteiger partial charge in [-0.1, -0.05) is 38.1 Å². The molecule has 3 heteroatoms. The zero-order valence-corrected chi connectivity index (χ0v) is 9.99. The van der Waals surface area contributed by atoms with Gasteiger partial charge in [0.1, 0.15) is 0 Å². The lowest BCUT2D eigenvalue weighted by Gasteiger charge is -2.07. The molecule has 1 aromatic rings. The van der Waals surface area contributed by atoms with Crippen molar-refractivity contribution in [2.45, 2.75) is 26.8 Å². The quantitative estimate of drug-likeness (QED) is 0.789. The highest BCUT2D eigenvalue weighted by Gasteiger charge is 2.03. The second-order valence-corrected chi connectivity index (χ2v) is 4.40. The molecule has 0 unspecified atom stereocenters. The molecule has 0 aliphatic carbocycles. The standard InChI is InChI=1S/C13H20N2O/c1-10(2)9-15-13(16)7-11-3-5-12(8-14)6-4-11/h3-6,10H,7-9,14H2,1-2H3,(H,15,16). The average Bonchev–Trinajstić information content (AvgIpc) is 2.27. The van der Waals surface area contributed by atoms with E-state index < -0.39 is 0 Å². The molecule has 0 saturated heterocycles. The molecule has 0 bridgehead atoms. The third-order valence-electron chi connectivity index (χ3n) is 2.33. The Balaban J connectivity index is 2.43. The number of nitrogens with two attached hydrogens (primary N) is 1. The molecular weight excluding hydrogens is 200 g/mol. The first kappa shape index (κ1) is 12.7. The van der Waals surface area contributed by atoms with Gasteiger partial charge in [0.25, 0.3) is 0 Å². The van der Waals surface area contributed by atoms with Gasteiger partial charge in [0.2, 0.25) is 5.91 Å². The molecule has 0 aliphatic rings. The van der Waals surface area contributed by atoms with Gasteiger partial charge in [-0.3, -0.25) is 4.79 Å². The molecular formula is C13H20N2O. The number of hydrogen-bond acceptors (Lipinski definition) is 2.